The van der Waals surface area contributed by atoms with E-state index >= 15 is 0 Å². The van der Waals surface area contributed by atoms with Crippen molar-refractivity contribution in [2.45, 2.75) is 106 Å². The summed E-state index contributed by atoms with van der Waals surface area (Å²) in [6, 6.07) is 6.80. The van der Waals surface area contributed by atoms with Gasteiger partial charge in [0.15, 0.2) is 0 Å². The molecule has 7 nitrogen and oxygen atoms in total. The number of carbonyl (C=O) groups is 3. The summed E-state index contributed by atoms with van der Waals surface area (Å²) >= 11 is 1.61. The highest BCUT2D eigenvalue weighted by Gasteiger charge is 2.42. The predicted octanol–water partition coefficient (Wildman–Crippen LogP) is 6.11. The smallest absolute Gasteiger partial charge is 0.246 e. The maximum Gasteiger partial charge on any atom is 0.246 e. The number of terminal acetylenes is 1. The minimum atomic E-state index is -0.740. The fourth-order valence-electron chi connectivity index (χ4n) is 6.12. The molecule has 0 bridgehead atoms. The van der Waals surface area contributed by atoms with Crippen LogP contribution in [0.15, 0.2) is 29.8 Å². The van der Waals surface area contributed by atoms with Crippen molar-refractivity contribution in [1.82, 2.24) is 20.5 Å². The molecule has 0 aliphatic carbocycles. The first-order chi connectivity index (χ1) is 19.5. The van der Waals surface area contributed by atoms with E-state index in [1.165, 1.54) is 0 Å². The number of aromatic nitrogens is 1. The fourth-order valence-corrected chi connectivity index (χ4v) is 6.93. The summed E-state index contributed by atoms with van der Waals surface area (Å²) in [7, 11) is 0. The number of carbonyl (C=O) groups excluding carboxylic acids is 3. The Balaban J connectivity index is 1.63. The molecule has 0 unspecified atom stereocenters. The normalized spacial score (nSPS) is 16.5. The highest BCUT2D eigenvalue weighted by molar-refractivity contribution is 7.13. The molecule has 3 rings (SSSR count). The summed E-state index contributed by atoms with van der Waals surface area (Å²) in [5.41, 5.74) is 4.03. The molecule has 0 saturated carbocycles. The molecule has 0 radical (unpaired) electrons. The Morgan fingerprint density at radius 2 is 1.76 bits per heavy atom. The summed E-state index contributed by atoms with van der Waals surface area (Å²) in [6.45, 7) is 17.1. The number of benzene rings is 1. The molecule has 2 N–H and O–H groups in total. The van der Waals surface area contributed by atoms with Gasteiger partial charge in [-0.2, -0.15) is 0 Å². The third-order valence-electron chi connectivity index (χ3n) is 7.86. The summed E-state index contributed by atoms with van der Waals surface area (Å²) in [5.74, 6) is 2.20. The summed E-state index contributed by atoms with van der Waals surface area (Å²) in [5, 5.41) is 6.07. The molecule has 1 fully saturated rings. The van der Waals surface area contributed by atoms with Crippen molar-refractivity contribution in [3.63, 3.8) is 0 Å². The second kappa shape index (κ2) is 13.4. The van der Waals surface area contributed by atoms with Gasteiger partial charge >= 0.3 is 0 Å². The Hall–Kier alpha value is -3.18. The molecule has 2 atom stereocenters. The Kier molecular flexibility index (Phi) is 10.6. The molecule has 1 aromatic heterocycles. The van der Waals surface area contributed by atoms with Crippen LogP contribution in [0.25, 0.3) is 10.4 Å². The van der Waals surface area contributed by atoms with Gasteiger partial charge in [0.05, 0.1) is 16.1 Å². The van der Waals surface area contributed by atoms with Crippen molar-refractivity contribution in [1.29, 1.82) is 0 Å². The molecule has 2 heterocycles. The molecule has 1 aromatic carbocycles. The minimum Gasteiger partial charge on any atom is -0.350 e. The average Bonchev–Trinajstić information content (AvgIpc) is 3.53. The lowest BCUT2D eigenvalue weighted by Gasteiger charge is -2.37. The van der Waals surface area contributed by atoms with Gasteiger partial charge < -0.3 is 15.5 Å². The van der Waals surface area contributed by atoms with E-state index in [2.05, 4.69) is 49.2 Å². The number of hydrogen-bond acceptors (Lipinski definition) is 5. The number of nitrogens with zero attached hydrogens (tertiary/aromatic N) is 2. The molecule has 0 spiro atoms. The van der Waals surface area contributed by atoms with E-state index in [9.17, 15) is 14.4 Å². The Morgan fingerprint density at radius 3 is 2.33 bits per heavy atom. The van der Waals surface area contributed by atoms with Crippen LogP contribution in [0.1, 0.15) is 91.8 Å². The second-order valence-corrected chi connectivity index (χ2v) is 15.2. The third kappa shape index (κ3) is 8.91. The van der Waals surface area contributed by atoms with Gasteiger partial charge in [-0.25, -0.2) is 4.98 Å². The molecular weight excluding hydrogens is 544 g/mol. The number of rotatable bonds is 11. The van der Waals surface area contributed by atoms with Gasteiger partial charge in [0, 0.05) is 25.9 Å². The monoisotopic (exact) mass is 592 g/mol. The number of thiazole rings is 1. The zero-order valence-electron chi connectivity index (χ0n) is 26.6. The minimum absolute atomic E-state index is 0.0868. The van der Waals surface area contributed by atoms with Crippen LogP contribution in [0.5, 0.6) is 0 Å². The highest BCUT2D eigenvalue weighted by Crippen LogP contribution is 2.38. The Bertz CT molecular complexity index is 1300. The standard InChI is InChI=1S/C34H48N4O3S/c1-10-17-33(6,7)21-34(8,9)19-27(39)37-29(32(3,4)5)31(41)38-18-11-12-26(38)30(40)35-20-24-13-15-25(16-14-24)28-23(2)36-22-42-28/h1,13-16,22,26,29H,11-12,17-21H2,2-9H3,(H,35,40)(H,37,39)/t26-,29+/m0/s1. The van der Waals surface area contributed by atoms with Crippen LogP contribution in [0.3, 0.4) is 0 Å². The lowest BCUT2D eigenvalue weighted by atomic mass is 9.72. The van der Waals surface area contributed by atoms with Crippen LogP contribution >= 0.6 is 11.3 Å². The van der Waals surface area contributed by atoms with Crippen molar-refractivity contribution in [3.05, 3.63) is 41.0 Å². The summed E-state index contributed by atoms with van der Waals surface area (Å²) in [4.78, 5) is 47.5. The van der Waals surface area contributed by atoms with Gasteiger partial charge in [-0.1, -0.05) is 72.7 Å². The lowest BCUT2D eigenvalue weighted by molar-refractivity contribution is -0.144. The highest BCUT2D eigenvalue weighted by atomic mass is 32.1. The molecular formula is C34H48N4O3S. The first-order valence-electron chi connectivity index (χ1n) is 14.8. The molecule has 3 amide bonds. The van der Waals surface area contributed by atoms with Gasteiger partial charge in [-0.15, -0.1) is 23.7 Å². The Morgan fingerprint density at radius 1 is 1.10 bits per heavy atom. The Labute approximate surface area is 256 Å². The van der Waals surface area contributed by atoms with Crippen molar-refractivity contribution >= 4 is 29.1 Å². The SMILES string of the molecule is C#CCC(C)(C)CC(C)(C)CC(=O)N[C@H](C(=O)N1CCC[C@H]1C(=O)NCc1ccc(-c2scnc2C)cc1)C(C)(C)C. The molecule has 228 valence electrons. The van der Waals surface area contributed by atoms with Crippen LogP contribution < -0.4 is 10.6 Å². The molecule has 1 aliphatic heterocycles. The van der Waals surface area contributed by atoms with E-state index in [0.29, 0.717) is 25.9 Å². The van der Waals surface area contributed by atoms with Crippen molar-refractivity contribution in [2.24, 2.45) is 16.2 Å². The average molecular weight is 593 g/mol. The number of aryl methyl sites for hydroxylation is 1. The van der Waals surface area contributed by atoms with Gasteiger partial charge in [0.1, 0.15) is 12.1 Å². The predicted molar refractivity (Wildman–Crippen MR) is 171 cm³/mol. The topological polar surface area (TPSA) is 91.4 Å². The van der Waals surface area contributed by atoms with E-state index in [4.69, 9.17) is 6.42 Å². The third-order valence-corrected chi connectivity index (χ3v) is 8.84. The number of nitrogens with one attached hydrogen (secondary N) is 2. The molecule has 1 saturated heterocycles. The van der Waals surface area contributed by atoms with E-state index < -0.39 is 17.5 Å². The second-order valence-electron chi connectivity index (χ2n) is 14.3. The number of hydrogen-bond donors (Lipinski definition) is 2. The first-order valence-corrected chi connectivity index (χ1v) is 15.7. The van der Waals surface area contributed by atoms with E-state index in [1.807, 2.05) is 57.5 Å². The van der Waals surface area contributed by atoms with Crippen molar-refractivity contribution in [2.75, 3.05) is 6.54 Å². The van der Waals surface area contributed by atoms with Crippen molar-refractivity contribution in [3.8, 4) is 22.8 Å². The van der Waals surface area contributed by atoms with Crippen LogP contribution in [0.2, 0.25) is 0 Å². The summed E-state index contributed by atoms with van der Waals surface area (Å²) in [6.07, 6.45) is 8.60. The summed E-state index contributed by atoms with van der Waals surface area (Å²) < 4.78 is 0. The lowest BCUT2D eigenvalue weighted by Crippen LogP contribution is -2.58. The molecule has 8 heteroatoms. The van der Waals surface area contributed by atoms with Crippen LogP contribution in [-0.4, -0.2) is 46.2 Å². The fraction of sp³-hybridized carbons (Fsp3) is 0.588. The van der Waals surface area contributed by atoms with Gasteiger partial charge in [0.25, 0.3) is 0 Å². The molecule has 1 aliphatic rings. The van der Waals surface area contributed by atoms with Crippen LogP contribution in [0, 0.1) is 35.5 Å². The van der Waals surface area contributed by atoms with Gasteiger partial charge in [-0.3, -0.25) is 14.4 Å². The van der Waals surface area contributed by atoms with E-state index in [1.54, 1.807) is 16.2 Å². The zero-order valence-corrected chi connectivity index (χ0v) is 27.4. The molecule has 2 aromatic rings. The van der Waals surface area contributed by atoms with Gasteiger partial charge in [0.2, 0.25) is 17.7 Å². The van der Waals surface area contributed by atoms with E-state index in [0.717, 1.165) is 34.5 Å². The first kappa shape index (κ1) is 33.3. The number of likely N-dealkylation sites (tertiary alicyclic amines) is 1. The van der Waals surface area contributed by atoms with Crippen molar-refractivity contribution < 1.29 is 14.4 Å². The zero-order chi connectivity index (χ0) is 31.3. The van der Waals surface area contributed by atoms with Crippen LogP contribution in [0.4, 0.5) is 0 Å². The number of amides is 3. The maximum atomic E-state index is 13.9. The molecule has 42 heavy (non-hydrogen) atoms. The van der Waals surface area contributed by atoms with Gasteiger partial charge in [-0.05, 0) is 53.6 Å². The van der Waals surface area contributed by atoms with Crippen LogP contribution in [-0.2, 0) is 20.9 Å². The van der Waals surface area contributed by atoms with E-state index in [-0.39, 0.29) is 35.0 Å². The quantitative estimate of drug-likeness (QED) is 0.308. The largest absolute Gasteiger partial charge is 0.350 e. The maximum absolute atomic E-state index is 13.9.